The van der Waals surface area contributed by atoms with Gasteiger partial charge in [0, 0.05) is 5.56 Å². The van der Waals surface area contributed by atoms with Crippen molar-refractivity contribution in [3.8, 4) is 0 Å². The van der Waals surface area contributed by atoms with Crippen LogP contribution >= 0.6 is 11.6 Å². The lowest BCUT2D eigenvalue weighted by Crippen LogP contribution is -1.85. The van der Waals surface area contributed by atoms with Crippen molar-refractivity contribution in [2.75, 3.05) is 0 Å². The van der Waals surface area contributed by atoms with Crippen molar-refractivity contribution >= 4 is 23.7 Å². The lowest BCUT2D eigenvalue weighted by molar-refractivity contribution is -0.389. The van der Waals surface area contributed by atoms with Crippen LogP contribution < -0.4 is 0 Å². The van der Waals surface area contributed by atoms with Gasteiger partial charge in [-0.3, -0.25) is 4.79 Å². The second kappa shape index (κ2) is 6.39. The lowest BCUT2D eigenvalue weighted by atomic mass is 10.2. The fourth-order valence-electron chi connectivity index (χ4n) is 0.912. The molecule has 2 aromatic rings. The Hall–Kier alpha value is -2.21. The summed E-state index contributed by atoms with van der Waals surface area (Å²) in [4.78, 5) is 24.9. The zero-order valence-electron chi connectivity index (χ0n) is 8.54. The van der Waals surface area contributed by atoms with Crippen LogP contribution in [0.15, 0.2) is 36.5 Å². The maximum Gasteiger partial charge on any atom is 0.341 e. The van der Waals surface area contributed by atoms with E-state index >= 15 is 0 Å². The van der Waals surface area contributed by atoms with Crippen molar-refractivity contribution in [3.63, 3.8) is 0 Å². The van der Waals surface area contributed by atoms with Crippen LogP contribution in [-0.2, 0) is 0 Å². The molecule has 1 aromatic heterocycles. The van der Waals surface area contributed by atoms with Crippen LogP contribution in [-0.4, -0.2) is 21.2 Å². The number of hydrogen-bond acceptors (Lipinski definition) is 4. The van der Waals surface area contributed by atoms with Crippen molar-refractivity contribution in [2.45, 2.75) is 0 Å². The van der Waals surface area contributed by atoms with E-state index < -0.39 is 4.92 Å². The van der Waals surface area contributed by atoms with Crippen LogP contribution in [0.25, 0.3) is 0 Å². The summed E-state index contributed by atoms with van der Waals surface area (Å²) in [6.07, 6.45) is 1.89. The first-order valence-corrected chi connectivity index (χ1v) is 4.86. The summed E-state index contributed by atoms with van der Waals surface area (Å²) in [5.41, 5.74) is 0.729. The zero-order valence-corrected chi connectivity index (χ0v) is 9.29. The molecule has 0 saturated heterocycles. The number of aldehydes is 1. The number of nitrogens with zero attached hydrogens (tertiary/aromatic N) is 2. The smallest absolute Gasteiger partial charge is 0.341 e. The van der Waals surface area contributed by atoms with Gasteiger partial charge in [0.05, 0.1) is 0 Å². The third-order valence-electron chi connectivity index (χ3n) is 1.66. The van der Waals surface area contributed by atoms with E-state index in [-0.39, 0.29) is 11.1 Å². The largest absolute Gasteiger partial charge is 0.358 e. The van der Waals surface area contributed by atoms with Crippen LogP contribution in [0.4, 0.5) is 5.82 Å². The maximum atomic E-state index is 10.0. The molecule has 0 fully saturated rings. The van der Waals surface area contributed by atoms with Crippen LogP contribution in [0, 0.1) is 10.1 Å². The number of nitro groups is 1. The molecule has 0 aliphatic heterocycles. The molecule has 1 N–H and O–H groups in total. The molecule has 0 spiro atoms. The Balaban J connectivity index is 0.000000171. The van der Waals surface area contributed by atoms with Gasteiger partial charge >= 0.3 is 5.82 Å². The van der Waals surface area contributed by atoms with Gasteiger partial charge in [-0.05, 0) is 16.5 Å². The van der Waals surface area contributed by atoms with Gasteiger partial charge in [-0.2, -0.15) is 4.98 Å². The summed E-state index contributed by atoms with van der Waals surface area (Å²) in [5, 5.41) is 9.92. The Kier molecular flexibility index (Phi) is 4.83. The van der Waals surface area contributed by atoms with Crippen LogP contribution in [0.1, 0.15) is 10.4 Å². The number of benzene rings is 1. The normalized spacial score (nSPS) is 9.00. The number of aromatic nitrogens is 2. The summed E-state index contributed by atoms with van der Waals surface area (Å²) in [7, 11) is 0. The number of imidazole rings is 1. The standard InChI is InChI=1S/C7H6O.C3H2ClN3O2/c8-6-7-4-2-1-3-5-7;4-3-5-1-2(6-3)7(8)9/h1-6H;1H,(H,5,6). The van der Waals surface area contributed by atoms with E-state index in [0.29, 0.717) is 0 Å². The molecule has 17 heavy (non-hydrogen) atoms. The van der Waals surface area contributed by atoms with Crippen molar-refractivity contribution in [2.24, 2.45) is 0 Å². The van der Waals surface area contributed by atoms with Gasteiger partial charge in [-0.25, -0.2) is 4.98 Å². The van der Waals surface area contributed by atoms with Crippen LogP contribution in [0.2, 0.25) is 5.28 Å². The second-order valence-corrected chi connectivity index (χ2v) is 3.20. The van der Waals surface area contributed by atoms with Gasteiger partial charge in [0.25, 0.3) is 5.28 Å². The molecule has 0 radical (unpaired) electrons. The molecule has 1 aromatic carbocycles. The minimum Gasteiger partial charge on any atom is -0.358 e. The number of halogens is 1. The van der Waals surface area contributed by atoms with E-state index in [9.17, 15) is 14.9 Å². The summed E-state index contributed by atoms with van der Waals surface area (Å²) < 4.78 is 0. The topological polar surface area (TPSA) is 88.9 Å². The number of rotatable bonds is 2. The van der Waals surface area contributed by atoms with E-state index in [1.54, 1.807) is 12.1 Å². The first-order chi connectivity index (χ1) is 8.13. The molecule has 0 saturated carbocycles. The van der Waals surface area contributed by atoms with Crippen molar-refractivity contribution in [1.29, 1.82) is 0 Å². The van der Waals surface area contributed by atoms with E-state index in [1.165, 1.54) is 0 Å². The molecular formula is C10H8ClN3O3. The zero-order chi connectivity index (χ0) is 12.7. The third kappa shape index (κ3) is 4.43. The highest BCUT2D eigenvalue weighted by Gasteiger charge is 2.05. The highest BCUT2D eigenvalue weighted by Crippen LogP contribution is 2.08. The summed E-state index contributed by atoms with van der Waals surface area (Å²) in [6.45, 7) is 0. The van der Waals surface area contributed by atoms with E-state index in [1.807, 2.05) is 18.2 Å². The highest BCUT2D eigenvalue weighted by atomic mass is 35.5. The summed E-state index contributed by atoms with van der Waals surface area (Å²) in [5.74, 6) is -0.194. The minimum absolute atomic E-state index is 0.0294. The number of nitrogens with one attached hydrogen (secondary N) is 1. The van der Waals surface area contributed by atoms with Crippen molar-refractivity contribution < 1.29 is 9.72 Å². The van der Waals surface area contributed by atoms with Gasteiger partial charge in [-0.1, -0.05) is 30.3 Å². The van der Waals surface area contributed by atoms with Crippen LogP contribution in [0.5, 0.6) is 0 Å². The third-order valence-corrected chi connectivity index (χ3v) is 1.86. The SMILES string of the molecule is O=Cc1ccccc1.O=[N+]([O-])c1cnc(Cl)[nH]1. The Morgan fingerprint density at radius 3 is 2.29 bits per heavy atom. The minimum atomic E-state index is -0.598. The molecule has 0 aliphatic rings. The monoisotopic (exact) mass is 253 g/mol. The Morgan fingerprint density at radius 1 is 1.35 bits per heavy atom. The second-order valence-electron chi connectivity index (χ2n) is 2.84. The Morgan fingerprint density at radius 2 is 2.00 bits per heavy atom. The van der Waals surface area contributed by atoms with Crippen LogP contribution in [0.3, 0.4) is 0 Å². The van der Waals surface area contributed by atoms with Gasteiger partial charge in [0.2, 0.25) is 0 Å². The lowest BCUT2D eigenvalue weighted by Gasteiger charge is -1.83. The number of carbonyl (C=O) groups is 1. The first kappa shape index (κ1) is 12.9. The van der Waals surface area contributed by atoms with Gasteiger partial charge in [-0.15, -0.1) is 0 Å². The van der Waals surface area contributed by atoms with E-state index in [0.717, 1.165) is 18.0 Å². The predicted molar refractivity (Wildman–Crippen MR) is 62.1 cm³/mol. The summed E-state index contributed by atoms with van der Waals surface area (Å²) in [6, 6.07) is 9.10. The Bertz CT molecular complexity index is 499. The molecular weight excluding hydrogens is 246 g/mol. The van der Waals surface area contributed by atoms with Gasteiger partial charge in [0.15, 0.2) is 0 Å². The molecule has 0 unspecified atom stereocenters. The van der Waals surface area contributed by atoms with E-state index in [2.05, 4.69) is 9.97 Å². The molecule has 88 valence electrons. The molecule has 0 aliphatic carbocycles. The van der Waals surface area contributed by atoms with Gasteiger partial charge < -0.3 is 10.1 Å². The fourth-order valence-corrected chi connectivity index (χ4v) is 1.06. The molecule has 1 heterocycles. The van der Waals surface area contributed by atoms with Gasteiger partial charge in [0.1, 0.15) is 12.5 Å². The summed E-state index contributed by atoms with van der Waals surface area (Å²) >= 11 is 5.23. The van der Waals surface area contributed by atoms with Crippen molar-refractivity contribution in [3.05, 3.63) is 57.5 Å². The number of hydrogen-bond donors (Lipinski definition) is 1. The number of H-pyrrole nitrogens is 1. The fraction of sp³-hybridized carbons (Fsp3) is 0. The molecule has 0 amide bonds. The number of carbonyl (C=O) groups excluding carboxylic acids is 1. The first-order valence-electron chi connectivity index (χ1n) is 4.48. The molecule has 7 heteroatoms. The number of aromatic amines is 1. The molecule has 0 bridgehead atoms. The quantitative estimate of drug-likeness (QED) is 0.506. The highest BCUT2D eigenvalue weighted by molar-refractivity contribution is 6.28. The average molecular weight is 254 g/mol. The molecule has 0 atom stereocenters. The Labute approximate surface area is 101 Å². The molecule has 6 nitrogen and oxygen atoms in total. The maximum absolute atomic E-state index is 10.0. The van der Waals surface area contributed by atoms with Crippen molar-refractivity contribution in [1.82, 2.24) is 9.97 Å². The predicted octanol–water partition coefficient (Wildman–Crippen LogP) is 2.47. The van der Waals surface area contributed by atoms with E-state index in [4.69, 9.17) is 11.6 Å². The average Bonchev–Trinajstić information content (AvgIpc) is 2.78. The molecule has 2 rings (SSSR count).